The molecule has 1 aromatic heterocycles. The molecule has 0 saturated heterocycles. The van der Waals surface area contributed by atoms with Crippen molar-refractivity contribution >= 4 is 22.9 Å². The lowest BCUT2D eigenvalue weighted by molar-refractivity contribution is 0.403. The zero-order valence-corrected chi connectivity index (χ0v) is 12.7. The number of ether oxygens (including phenoxy) is 1. The fourth-order valence-corrected chi connectivity index (χ4v) is 3.40. The number of thiophene rings is 1. The van der Waals surface area contributed by atoms with Gasteiger partial charge in [-0.2, -0.15) is 0 Å². The zero-order valence-electron chi connectivity index (χ0n) is 11.2. The second-order valence-electron chi connectivity index (χ2n) is 4.44. The van der Waals surface area contributed by atoms with Gasteiger partial charge in [-0.1, -0.05) is 17.7 Å². The van der Waals surface area contributed by atoms with Gasteiger partial charge in [-0.05, 0) is 43.2 Å². The van der Waals surface area contributed by atoms with Crippen LogP contribution in [0.5, 0.6) is 5.75 Å². The number of benzene rings is 1. The van der Waals surface area contributed by atoms with Crippen LogP contribution in [-0.4, -0.2) is 7.11 Å². The molecule has 2 aromatic rings. The molecule has 0 aliphatic rings. The van der Waals surface area contributed by atoms with Crippen LogP contribution in [0.3, 0.4) is 0 Å². The molecule has 0 aliphatic carbocycles. The first kappa shape index (κ1) is 14.3. The largest absolute Gasteiger partial charge is 0.496 e. The first-order valence-electron chi connectivity index (χ1n) is 5.93. The summed E-state index contributed by atoms with van der Waals surface area (Å²) in [6.07, 6.45) is 0. The van der Waals surface area contributed by atoms with Crippen LogP contribution in [0.2, 0.25) is 4.34 Å². The molecule has 0 fully saturated rings. The molecule has 0 aliphatic heterocycles. The van der Waals surface area contributed by atoms with Crippen molar-refractivity contribution in [2.45, 2.75) is 19.9 Å². The van der Waals surface area contributed by atoms with E-state index < -0.39 is 0 Å². The highest BCUT2D eigenvalue weighted by Crippen LogP contribution is 2.37. The van der Waals surface area contributed by atoms with Gasteiger partial charge in [-0.25, -0.2) is 5.43 Å². The molecular weight excluding hydrogens is 280 g/mol. The van der Waals surface area contributed by atoms with E-state index in [-0.39, 0.29) is 6.04 Å². The van der Waals surface area contributed by atoms with Gasteiger partial charge in [0, 0.05) is 10.4 Å². The standard InChI is InChI=1S/C14H17ClN2OS/c1-8-6-9(2)13(10(7-8)18-3)14(17-16)11-4-5-12(15)19-11/h4-7,14,17H,16H2,1-3H3. The highest BCUT2D eigenvalue weighted by Gasteiger charge is 2.21. The number of methoxy groups -OCH3 is 1. The number of hydrogen-bond donors (Lipinski definition) is 2. The Morgan fingerprint density at radius 1 is 1.32 bits per heavy atom. The minimum atomic E-state index is -0.118. The predicted molar refractivity (Wildman–Crippen MR) is 81.0 cm³/mol. The first-order valence-corrected chi connectivity index (χ1v) is 7.12. The second-order valence-corrected chi connectivity index (χ2v) is 6.19. The lowest BCUT2D eigenvalue weighted by atomic mass is 9.97. The Kier molecular flexibility index (Phi) is 4.47. The fraction of sp³-hybridized carbons (Fsp3) is 0.286. The molecule has 3 nitrogen and oxygen atoms in total. The molecule has 0 radical (unpaired) electrons. The third-order valence-corrected chi connectivity index (χ3v) is 4.34. The van der Waals surface area contributed by atoms with Crippen molar-refractivity contribution in [3.8, 4) is 5.75 Å². The van der Waals surface area contributed by atoms with Crippen LogP contribution in [0.15, 0.2) is 24.3 Å². The lowest BCUT2D eigenvalue weighted by Crippen LogP contribution is -2.29. The van der Waals surface area contributed by atoms with E-state index in [4.69, 9.17) is 22.2 Å². The maximum atomic E-state index is 6.01. The Hall–Kier alpha value is -1.07. The van der Waals surface area contributed by atoms with E-state index in [1.807, 2.05) is 25.1 Å². The summed E-state index contributed by atoms with van der Waals surface area (Å²) >= 11 is 7.52. The van der Waals surface area contributed by atoms with Gasteiger partial charge >= 0.3 is 0 Å². The number of aryl methyl sites for hydroxylation is 2. The summed E-state index contributed by atoms with van der Waals surface area (Å²) in [5.41, 5.74) is 6.21. The van der Waals surface area contributed by atoms with Crippen LogP contribution in [0, 0.1) is 13.8 Å². The summed E-state index contributed by atoms with van der Waals surface area (Å²) < 4.78 is 6.24. The third kappa shape index (κ3) is 2.92. The van der Waals surface area contributed by atoms with Crippen molar-refractivity contribution in [3.63, 3.8) is 0 Å². The number of halogens is 1. The Labute approximate surface area is 122 Å². The van der Waals surface area contributed by atoms with Crippen molar-refractivity contribution in [1.82, 2.24) is 5.43 Å². The highest BCUT2D eigenvalue weighted by atomic mass is 35.5. The molecule has 0 saturated carbocycles. The van der Waals surface area contributed by atoms with Gasteiger partial charge in [-0.3, -0.25) is 5.84 Å². The smallest absolute Gasteiger partial charge is 0.124 e. The molecule has 1 heterocycles. The molecule has 0 amide bonds. The maximum Gasteiger partial charge on any atom is 0.124 e. The van der Waals surface area contributed by atoms with Gasteiger partial charge in [-0.15, -0.1) is 11.3 Å². The van der Waals surface area contributed by atoms with E-state index in [0.717, 1.165) is 31.7 Å². The summed E-state index contributed by atoms with van der Waals surface area (Å²) in [4.78, 5) is 1.07. The van der Waals surface area contributed by atoms with E-state index >= 15 is 0 Å². The van der Waals surface area contributed by atoms with Crippen LogP contribution >= 0.6 is 22.9 Å². The maximum absolute atomic E-state index is 6.01. The van der Waals surface area contributed by atoms with Crippen molar-refractivity contribution in [2.75, 3.05) is 7.11 Å². The van der Waals surface area contributed by atoms with Crippen LogP contribution in [0.1, 0.15) is 27.6 Å². The van der Waals surface area contributed by atoms with Crippen LogP contribution < -0.4 is 16.0 Å². The second kappa shape index (κ2) is 5.92. The SMILES string of the molecule is COc1cc(C)cc(C)c1C(NN)c1ccc(Cl)s1. The number of nitrogens with one attached hydrogen (secondary N) is 1. The van der Waals surface area contributed by atoms with Gasteiger partial charge in [0.2, 0.25) is 0 Å². The van der Waals surface area contributed by atoms with E-state index in [1.165, 1.54) is 11.3 Å². The van der Waals surface area contributed by atoms with Gasteiger partial charge < -0.3 is 4.74 Å². The minimum absolute atomic E-state index is 0.118. The first-order chi connectivity index (χ1) is 9.06. The average Bonchev–Trinajstić information content (AvgIpc) is 2.78. The van der Waals surface area contributed by atoms with Crippen LogP contribution in [-0.2, 0) is 0 Å². The summed E-state index contributed by atoms with van der Waals surface area (Å²) in [7, 11) is 1.67. The predicted octanol–water partition coefficient (Wildman–Crippen LogP) is 3.58. The molecule has 1 atom stereocenters. The lowest BCUT2D eigenvalue weighted by Gasteiger charge is -2.21. The molecule has 1 unspecified atom stereocenters. The highest BCUT2D eigenvalue weighted by molar-refractivity contribution is 7.16. The number of nitrogens with two attached hydrogens (primary N) is 1. The monoisotopic (exact) mass is 296 g/mol. The van der Waals surface area contributed by atoms with E-state index in [0.29, 0.717) is 0 Å². The molecule has 3 N–H and O–H groups in total. The Morgan fingerprint density at radius 2 is 2.05 bits per heavy atom. The molecule has 1 aromatic carbocycles. The van der Waals surface area contributed by atoms with Gasteiger partial charge in [0.15, 0.2) is 0 Å². The van der Waals surface area contributed by atoms with Gasteiger partial charge in [0.25, 0.3) is 0 Å². The molecular formula is C14H17ClN2OS. The molecule has 102 valence electrons. The molecule has 19 heavy (non-hydrogen) atoms. The molecule has 0 bridgehead atoms. The van der Waals surface area contributed by atoms with E-state index in [9.17, 15) is 0 Å². The van der Waals surface area contributed by atoms with Crippen molar-refractivity contribution in [3.05, 3.63) is 50.2 Å². The average molecular weight is 297 g/mol. The van der Waals surface area contributed by atoms with E-state index in [2.05, 4.69) is 18.4 Å². The van der Waals surface area contributed by atoms with Crippen LogP contribution in [0.25, 0.3) is 0 Å². The molecule has 0 spiro atoms. The van der Waals surface area contributed by atoms with Crippen molar-refractivity contribution < 1.29 is 4.74 Å². The Bertz CT molecular complexity index is 583. The van der Waals surface area contributed by atoms with Crippen molar-refractivity contribution in [2.24, 2.45) is 5.84 Å². The van der Waals surface area contributed by atoms with Gasteiger partial charge in [0.05, 0.1) is 17.5 Å². The van der Waals surface area contributed by atoms with Gasteiger partial charge in [0.1, 0.15) is 5.75 Å². The Morgan fingerprint density at radius 3 is 2.58 bits per heavy atom. The summed E-state index contributed by atoms with van der Waals surface area (Å²) in [6, 6.07) is 7.88. The summed E-state index contributed by atoms with van der Waals surface area (Å²) in [6.45, 7) is 4.11. The Balaban J connectivity index is 2.55. The number of rotatable bonds is 4. The topological polar surface area (TPSA) is 47.3 Å². The number of hydrogen-bond acceptors (Lipinski definition) is 4. The normalized spacial score (nSPS) is 12.5. The summed E-state index contributed by atoms with van der Waals surface area (Å²) in [5, 5.41) is 0. The van der Waals surface area contributed by atoms with E-state index in [1.54, 1.807) is 7.11 Å². The fourth-order valence-electron chi connectivity index (χ4n) is 2.27. The molecule has 2 rings (SSSR count). The minimum Gasteiger partial charge on any atom is -0.496 e. The van der Waals surface area contributed by atoms with Crippen molar-refractivity contribution in [1.29, 1.82) is 0 Å². The third-order valence-electron chi connectivity index (χ3n) is 3.05. The quantitative estimate of drug-likeness (QED) is 0.670. The van der Waals surface area contributed by atoms with Crippen LogP contribution in [0.4, 0.5) is 0 Å². The molecule has 5 heteroatoms. The number of hydrazine groups is 1. The summed E-state index contributed by atoms with van der Waals surface area (Å²) in [5.74, 6) is 6.57. The zero-order chi connectivity index (χ0) is 14.0.